The van der Waals surface area contributed by atoms with Crippen LogP contribution in [-0.2, 0) is 6.61 Å². The Kier molecular flexibility index (Phi) is 3.22. The molecule has 1 N–H and O–H groups in total. The summed E-state index contributed by atoms with van der Waals surface area (Å²) in [4.78, 5) is 3.87. The first-order chi connectivity index (χ1) is 6.06. The number of aromatic nitrogens is 1. The smallest absolute Gasteiger partial charge is 0.145 e. The van der Waals surface area contributed by atoms with Gasteiger partial charge in [0.25, 0.3) is 0 Å². The molecule has 72 valence electrons. The van der Waals surface area contributed by atoms with Crippen LogP contribution in [0.2, 0.25) is 5.15 Å². The maximum atomic E-state index is 13.2. The minimum atomic E-state index is -0.413. The van der Waals surface area contributed by atoms with Crippen LogP contribution in [0.3, 0.4) is 0 Å². The summed E-state index contributed by atoms with van der Waals surface area (Å²) in [6.07, 6.45) is 0. The molecule has 0 aliphatic carbocycles. The van der Waals surface area contributed by atoms with Gasteiger partial charge in [-0.3, -0.25) is 0 Å². The average molecular weight is 204 g/mol. The van der Waals surface area contributed by atoms with E-state index in [9.17, 15) is 4.39 Å². The fourth-order valence-electron chi connectivity index (χ4n) is 1.03. The Bertz CT molecular complexity index is 315. The third kappa shape index (κ3) is 2.17. The largest absolute Gasteiger partial charge is 0.392 e. The molecule has 0 fully saturated rings. The van der Waals surface area contributed by atoms with E-state index in [1.165, 1.54) is 6.07 Å². The van der Waals surface area contributed by atoms with Crippen molar-refractivity contribution in [2.45, 2.75) is 26.4 Å². The number of hydrogen-bond donors (Lipinski definition) is 1. The predicted octanol–water partition coefficient (Wildman–Crippen LogP) is 2.49. The van der Waals surface area contributed by atoms with E-state index in [2.05, 4.69) is 4.98 Å². The Morgan fingerprint density at radius 3 is 2.69 bits per heavy atom. The molecule has 0 aromatic carbocycles. The zero-order valence-corrected chi connectivity index (χ0v) is 8.27. The van der Waals surface area contributed by atoms with Crippen molar-refractivity contribution in [2.75, 3.05) is 0 Å². The van der Waals surface area contributed by atoms with E-state index in [0.29, 0.717) is 11.3 Å². The highest BCUT2D eigenvalue weighted by molar-refractivity contribution is 6.30. The van der Waals surface area contributed by atoms with E-state index in [0.717, 1.165) is 0 Å². The quantitative estimate of drug-likeness (QED) is 0.750. The van der Waals surface area contributed by atoms with Crippen LogP contribution in [0.15, 0.2) is 6.07 Å². The molecule has 2 nitrogen and oxygen atoms in total. The van der Waals surface area contributed by atoms with Crippen molar-refractivity contribution in [1.82, 2.24) is 4.98 Å². The zero-order chi connectivity index (χ0) is 10.0. The molecule has 0 saturated heterocycles. The second kappa shape index (κ2) is 4.03. The van der Waals surface area contributed by atoms with Gasteiger partial charge in [-0.2, -0.15) is 0 Å². The molecular weight excluding hydrogens is 193 g/mol. The first kappa shape index (κ1) is 10.4. The van der Waals surface area contributed by atoms with Crippen LogP contribution < -0.4 is 0 Å². The molecule has 0 unspecified atom stereocenters. The highest BCUT2D eigenvalue weighted by atomic mass is 35.5. The molecule has 0 bridgehead atoms. The third-order valence-corrected chi connectivity index (χ3v) is 2.07. The van der Waals surface area contributed by atoms with Gasteiger partial charge >= 0.3 is 0 Å². The van der Waals surface area contributed by atoms with Gasteiger partial charge < -0.3 is 5.11 Å². The molecule has 0 atom stereocenters. The third-order valence-electron chi connectivity index (χ3n) is 1.75. The summed E-state index contributed by atoms with van der Waals surface area (Å²) in [5, 5.41) is 8.95. The van der Waals surface area contributed by atoms with Crippen LogP contribution in [0, 0.1) is 5.82 Å². The van der Waals surface area contributed by atoms with Crippen molar-refractivity contribution >= 4 is 11.6 Å². The van der Waals surface area contributed by atoms with Gasteiger partial charge in [0.2, 0.25) is 0 Å². The summed E-state index contributed by atoms with van der Waals surface area (Å²) in [5.41, 5.74) is 0.658. The summed E-state index contributed by atoms with van der Waals surface area (Å²) < 4.78 is 13.2. The van der Waals surface area contributed by atoms with E-state index in [1.54, 1.807) is 0 Å². The predicted molar refractivity (Wildman–Crippen MR) is 49.2 cm³/mol. The average Bonchev–Trinajstić information content (AvgIpc) is 2.07. The Morgan fingerprint density at radius 1 is 1.62 bits per heavy atom. The fourth-order valence-corrected chi connectivity index (χ4v) is 1.24. The lowest BCUT2D eigenvalue weighted by atomic mass is 10.1. The van der Waals surface area contributed by atoms with Crippen molar-refractivity contribution in [3.05, 3.63) is 28.3 Å². The van der Waals surface area contributed by atoms with E-state index >= 15 is 0 Å². The number of halogens is 2. The van der Waals surface area contributed by atoms with E-state index in [1.807, 2.05) is 13.8 Å². The highest BCUT2D eigenvalue weighted by Gasteiger charge is 2.12. The summed E-state index contributed by atoms with van der Waals surface area (Å²) in [7, 11) is 0. The molecule has 0 amide bonds. The topological polar surface area (TPSA) is 33.1 Å². The van der Waals surface area contributed by atoms with Crippen molar-refractivity contribution in [2.24, 2.45) is 0 Å². The molecule has 0 saturated carbocycles. The van der Waals surface area contributed by atoms with Gasteiger partial charge in [0.1, 0.15) is 11.0 Å². The monoisotopic (exact) mass is 203 g/mol. The van der Waals surface area contributed by atoms with Gasteiger partial charge in [-0.05, 0) is 12.0 Å². The molecule has 4 heteroatoms. The SMILES string of the molecule is CC(C)c1nc(Cl)c(CO)cc1F. The maximum absolute atomic E-state index is 13.2. The minimum Gasteiger partial charge on any atom is -0.392 e. The number of aliphatic hydroxyl groups is 1. The molecule has 1 rings (SSSR count). The summed E-state index contributed by atoms with van der Waals surface area (Å²) in [6, 6.07) is 1.23. The molecule has 0 aliphatic rings. The lowest BCUT2D eigenvalue weighted by Gasteiger charge is -2.08. The normalized spacial score (nSPS) is 10.9. The Morgan fingerprint density at radius 2 is 2.23 bits per heavy atom. The van der Waals surface area contributed by atoms with Crippen LogP contribution in [0.5, 0.6) is 0 Å². The summed E-state index contributed by atoms with van der Waals surface area (Å²) in [5.74, 6) is -0.423. The van der Waals surface area contributed by atoms with E-state index < -0.39 is 5.82 Å². The first-order valence-corrected chi connectivity index (χ1v) is 4.39. The van der Waals surface area contributed by atoms with Crippen molar-refractivity contribution in [1.29, 1.82) is 0 Å². The lowest BCUT2D eigenvalue weighted by Crippen LogP contribution is -2.01. The number of nitrogens with zero attached hydrogens (tertiary/aromatic N) is 1. The van der Waals surface area contributed by atoms with Gasteiger partial charge in [0.05, 0.1) is 12.3 Å². The number of aliphatic hydroxyl groups excluding tert-OH is 1. The molecule has 0 radical (unpaired) electrons. The lowest BCUT2D eigenvalue weighted by molar-refractivity contribution is 0.280. The number of hydrogen-bond acceptors (Lipinski definition) is 2. The van der Waals surface area contributed by atoms with E-state index in [4.69, 9.17) is 16.7 Å². The van der Waals surface area contributed by atoms with Crippen molar-refractivity contribution < 1.29 is 9.50 Å². The summed E-state index contributed by atoms with van der Waals surface area (Å²) >= 11 is 5.71. The molecular formula is C9H11ClFNO. The van der Waals surface area contributed by atoms with Gasteiger partial charge in [0.15, 0.2) is 0 Å². The molecule has 1 aromatic heterocycles. The second-order valence-corrected chi connectivity index (χ2v) is 3.48. The zero-order valence-electron chi connectivity index (χ0n) is 7.51. The van der Waals surface area contributed by atoms with Crippen LogP contribution in [-0.4, -0.2) is 10.1 Å². The minimum absolute atomic E-state index is 0.00903. The number of pyridine rings is 1. The van der Waals surface area contributed by atoms with Gasteiger partial charge in [-0.25, -0.2) is 9.37 Å². The first-order valence-electron chi connectivity index (χ1n) is 4.02. The Balaban J connectivity index is 3.20. The van der Waals surface area contributed by atoms with Gasteiger partial charge in [-0.15, -0.1) is 0 Å². The Labute approximate surface area is 81.4 Å². The van der Waals surface area contributed by atoms with Crippen LogP contribution >= 0.6 is 11.6 Å². The van der Waals surface area contributed by atoms with Gasteiger partial charge in [0, 0.05) is 5.56 Å². The van der Waals surface area contributed by atoms with Gasteiger partial charge in [-0.1, -0.05) is 25.4 Å². The second-order valence-electron chi connectivity index (χ2n) is 3.12. The molecule has 1 heterocycles. The molecule has 1 aromatic rings. The van der Waals surface area contributed by atoms with Crippen molar-refractivity contribution in [3.63, 3.8) is 0 Å². The van der Waals surface area contributed by atoms with Crippen LogP contribution in [0.1, 0.15) is 31.0 Å². The molecule has 0 aliphatic heterocycles. The summed E-state index contributed by atoms with van der Waals surface area (Å²) in [6.45, 7) is 3.38. The van der Waals surface area contributed by atoms with Crippen LogP contribution in [0.25, 0.3) is 0 Å². The van der Waals surface area contributed by atoms with Crippen molar-refractivity contribution in [3.8, 4) is 0 Å². The number of rotatable bonds is 2. The van der Waals surface area contributed by atoms with E-state index in [-0.39, 0.29) is 17.7 Å². The molecule has 0 spiro atoms. The molecule has 13 heavy (non-hydrogen) atoms. The van der Waals surface area contributed by atoms with Crippen LogP contribution in [0.4, 0.5) is 4.39 Å². The standard InChI is InChI=1S/C9H11ClFNO/c1-5(2)8-7(11)3-6(4-13)9(10)12-8/h3,5,13H,4H2,1-2H3. The Hall–Kier alpha value is -0.670. The highest BCUT2D eigenvalue weighted by Crippen LogP contribution is 2.22. The fraction of sp³-hybridized carbons (Fsp3) is 0.444. The maximum Gasteiger partial charge on any atom is 0.145 e.